The van der Waals surface area contributed by atoms with Crippen LogP contribution in [0.15, 0.2) is 48.5 Å². The standard InChI is InChI=1S/C17H19ClO2/c18-16-6-3-5-15(12-16)13-20-17-9-7-14(8-10-17)4-1-2-11-19/h3,5-10,12,19H,1-2,4,11,13H2. The Bertz CT molecular complexity index is 523. The summed E-state index contributed by atoms with van der Waals surface area (Å²) in [6.45, 7) is 0.783. The van der Waals surface area contributed by atoms with Crippen LogP contribution in [0, 0.1) is 0 Å². The van der Waals surface area contributed by atoms with Crippen LogP contribution in [0.4, 0.5) is 0 Å². The van der Waals surface area contributed by atoms with Gasteiger partial charge in [-0.1, -0.05) is 35.9 Å². The van der Waals surface area contributed by atoms with Crippen LogP contribution in [0.5, 0.6) is 5.75 Å². The van der Waals surface area contributed by atoms with Crippen molar-refractivity contribution in [2.24, 2.45) is 0 Å². The highest BCUT2D eigenvalue weighted by Gasteiger charge is 1.98. The molecule has 2 rings (SSSR count). The van der Waals surface area contributed by atoms with E-state index in [1.165, 1.54) is 5.56 Å². The summed E-state index contributed by atoms with van der Waals surface area (Å²) in [5.41, 5.74) is 2.33. The minimum atomic E-state index is 0.265. The van der Waals surface area contributed by atoms with Crippen LogP contribution in [-0.4, -0.2) is 11.7 Å². The zero-order chi connectivity index (χ0) is 14.2. The summed E-state index contributed by atoms with van der Waals surface area (Å²) in [5.74, 6) is 0.857. The predicted octanol–water partition coefficient (Wildman–Crippen LogP) is 4.23. The Kier molecular flexibility index (Phi) is 5.90. The number of unbranched alkanes of at least 4 members (excludes halogenated alkanes) is 1. The minimum Gasteiger partial charge on any atom is -0.489 e. The minimum absolute atomic E-state index is 0.265. The van der Waals surface area contributed by atoms with E-state index in [2.05, 4.69) is 12.1 Å². The lowest BCUT2D eigenvalue weighted by atomic mass is 10.1. The molecule has 20 heavy (non-hydrogen) atoms. The lowest BCUT2D eigenvalue weighted by Crippen LogP contribution is -1.95. The summed E-state index contributed by atoms with van der Waals surface area (Å²) < 4.78 is 5.73. The normalized spacial score (nSPS) is 10.5. The molecule has 0 radical (unpaired) electrons. The van der Waals surface area contributed by atoms with Gasteiger partial charge in [-0.15, -0.1) is 0 Å². The van der Waals surface area contributed by atoms with Gasteiger partial charge in [-0.3, -0.25) is 0 Å². The average Bonchev–Trinajstić information content (AvgIpc) is 2.47. The van der Waals surface area contributed by atoms with Crippen molar-refractivity contribution in [3.8, 4) is 5.75 Å². The number of hydrogen-bond acceptors (Lipinski definition) is 2. The number of halogens is 1. The van der Waals surface area contributed by atoms with Crippen LogP contribution in [-0.2, 0) is 13.0 Å². The molecule has 0 heterocycles. The Labute approximate surface area is 125 Å². The van der Waals surface area contributed by atoms with Crippen molar-refractivity contribution < 1.29 is 9.84 Å². The molecule has 0 unspecified atom stereocenters. The number of hydrogen-bond donors (Lipinski definition) is 1. The van der Waals surface area contributed by atoms with Crippen molar-refractivity contribution >= 4 is 11.6 Å². The maximum atomic E-state index is 8.76. The molecule has 0 saturated carbocycles. The van der Waals surface area contributed by atoms with E-state index in [1.807, 2.05) is 36.4 Å². The first-order chi connectivity index (χ1) is 9.78. The molecule has 0 aliphatic heterocycles. The number of aliphatic hydroxyl groups excluding tert-OH is 1. The molecule has 0 aromatic heterocycles. The Morgan fingerprint density at radius 1 is 0.950 bits per heavy atom. The molecule has 0 aliphatic carbocycles. The molecule has 0 aliphatic rings. The molecule has 106 valence electrons. The van der Waals surface area contributed by atoms with E-state index >= 15 is 0 Å². The first-order valence-corrected chi connectivity index (χ1v) is 7.23. The van der Waals surface area contributed by atoms with Gasteiger partial charge in [0.1, 0.15) is 12.4 Å². The van der Waals surface area contributed by atoms with Gasteiger partial charge in [0.2, 0.25) is 0 Å². The third kappa shape index (κ3) is 4.87. The molecule has 0 spiro atoms. The van der Waals surface area contributed by atoms with Crippen LogP contribution < -0.4 is 4.74 Å². The lowest BCUT2D eigenvalue weighted by Gasteiger charge is -2.07. The zero-order valence-corrected chi connectivity index (χ0v) is 12.1. The molecule has 2 aromatic rings. The van der Waals surface area contributed by atoms with Crippen molar-refractivity contribution in [1.29, 1.82) is 0 Å². The SMILES string of the molecule is OCCCCc1ccc(OCc2cccc(Cl)c2)cc1. The quantitative estimate of drug-likeness (QED) is 0.773. The summed E-state index contributed by atoms with van der Waals surface area (Å²) >= 11 is 5.93. The average molecular weight is 291 g/mol. The molecular weight excluding hydrogens is 272 g/mol. The van der Waals surface area contributed by atoms with E-state index in [-0.39, 0.29) is 6.61 Å². The van der Waals surface area contributed by atoms with Crippen LogP contribution in [0.25, 0.3) is 0 Å². The number of benzene rings is 2. The molecule has 2 aromatic carbocycles. The monoisotopic (exact) mass is 290 g/mol. The first-order valence-electron chi connectivity index (χ1n) is 6.85. The summed E-state index contributed by atoms with van der Waals surface area (Å²) in [6.07, 6.45) is 2.86. The van der Waals surface area contributed by atoms with E-state index < -0.39 is 0 Å². The predicted molar refractivity (Wildman–Crippen MR) is 82.2 cm³/mol. The third-order valence-corrected chi connectivity index (χ3v) is 3.33. The van der Waals surface area contributed by atoms with Crippen LogP contribution in [0.2, 0.25) is 5.02 Å². The molecule has 3 heteroatoms. The second-order valence-corrected chi connectivity index (χ2v) is 5.18. The summed E-state index contributed by atoms with van der Waals surface area (Å²) in [6, 6.07) is 15.8. The number of rotatable bonds is 7. The molecule has 0 fully saturated rings. The van der Waals surface area contributed by atoms with E-state index in [9.17, 15) is 0 Å². The topological polar surface area (TPSA) is 29.5 Å². The molecule has 2 nitrogen and oxygen atoms in total. The van der Waals surface area contributed by atoms with Gasteiger partial charge in [0, 0.05) is 11.6 Å². The molecule has 1 N–H and O–H groups in total. The van der Waals surface area contributed by atoms with Crippen molar-refractivity contribution in [2.75, 3.05) is 6.61 Å². The largest absolute Gasteiger partial charge is 0.489 e. The zero-order valence-electron chi connectivity index (χ0n) is 11.4. The van der Waals surface area contributed by atoms with Crippen molar-refractivity contribution in [3.63, 3.8) is 0 Å². The fourth-order valence-electron chi connectivity index (χ4n) is 1.99. The highest BCUT2D eigenvalue weighted by Crippen LogP contribution is 2.17. The summed E-state index contributed by atoms with van der Waals surface area (Å²) in [7, 11) is 0. The Balaban J connectivity index is 1.84. The second-order valence-electron chi connectivity index (χ2n) is 4.74. The van der Waals surface area contributed by atoms with E-state index in [0.717, 1.165) is 35.6 Å². The van der Waals surface area contributed by atoms with E-state index in [1.54, 1.807) is 0 Å². The van der Waals surface area contributed by atoms with Gasteiger partial charge in [0.25, 0.3) is 0 Å². The van der Waals surface area contributed by atoms with Crippen molar-refractivity contribution in [3.05, 3.63) is 64.7 Å². The maximum absolute atomic E-state index is 8.76. The first kappa shape index (κ1) is 14.9. The van der Waals surface area contributed by atoms with Gasteiger partial charge in [0.15, 0.2) is 0 Å². The van der Waals surface area contributed by atoms with Gasteiger partial charge < -0.3 is 9.84 Å². The highest BCUT2D eigenvalue weighted by atomic mass is 35.5. The summed E-state index contributed by atoms with van der Waals surface area (Å²) in [4.78, 5) is 0. The highest BCUT2D eigenvalue weighted by molar-refractivity contribution is 6.30. The fourth-order valence-corrected chi connectivity index (χ4v) is 2.20. The van der Waals surface area contributed by atoms with Crippen LogP contribution in [0.3, 0.4) is 0 Å². The lowest BCUT2D eigenvalue weighted by molar-refractivity contribution is 0.284. The number of aryl methyl sites for hydroxylation is 1. The third-order valence-electron chi connectivity index (χ3n) is 3.09. The molecule has 0 saturated heterocycles. The Morgan fingerprint density at radius 3 is 2.45 bits per heavy atom. The number of aliphatic hydroxyl groups is 1. The van der Waals surface area contributed by atoms with Gasteiger partial charge in [-0.05, 0) is 54.7 Å². The summed E-state index contributed by atoms with van der Waals surface area (Å²) in [5, 5.41) is 9.48. The molecule has 0 bridgehead atoms. The Hall–Kier alpha value is -1.51. The second kappa shape index (κ2) is 7.93. The maximum Gasteiger partial charge on any atom is 0.119 e. The van der Waals surface area contributed by atoms with Gasteiger partial charge >= 0.3 is 0 Å². The van der Waals surface area contributed by atoms with Gasteiger partial charge in [-0.25, -0.2) is 0 Å². The molecular formula is C17H19ClO2. The van der Waals surface area contributed by atoms with Crippen molar-refractivity contribution in [2.45, 2.75) is 25.9 Å². The number of ether oxygens (including phenoxy) is 1. The smallest absolute Gasteiger partial charge is 0.119 e. The van der Waals surface area contributed by atoms with Crippen LogP contribution >= 0.6 is 11.6 Å². The molecule has 0 atom stereocenters. The molecule has 0 amide bonds. The fraction of sp³-hybridized carbons (Fsp3) is 0.294. The van der Waals surface area contributed by atoms with Crippen LogP contribution in [0.1, 0.15) is 24.0 Å². The van der Waals surface area contributed by atoms with Gasteiger partial charge in [-0.2, -0.15) is 0 Å². The Morgan fingerprint density at radius 2 is 1.75 bits per heavy atom. The van der Waals surface area contributed by atoms with Gasteiger partial charge in [0.05, 0.1) is 0 Å². The van der Waals surface area contributed by atoms with Crippen molar-refractivity contribution in [1.82, 2.24) is 0 Å². The van der Waals surface area contributed by atoms with E-state index in [0.29, 0.717) is 6.61 Å². The van der Waals surface area contributed by atoms with E-state index in [4.69, 9.17) is 21.4 Å².